The van der Waals surface area contributed by atoms with Crippen LogP contribution in [0.15, 0.2) is 12.4 Å². The lowest BCUT2D eigenvalue weighted by Gasteiger charge is -2.45. The molecule has 0 bridgehead atoms. The first-order valence-corrected chi connectivity index (χ1v) is 8.49. The molecule has 1 unspecified atom stereocenters. The SMILES string of the molecule is CCCNC(c1nccn1CCC)C(CC)(CC)N(C)C. The highest BCUT2D eigenvalue weighted by Crippen LogP contribution is 2.35. The number of rotatable bonds is 10. The summed E-state index contributed by atoms with van der Waals surface area (Å²) in [6.45, 7) is 11.1. The van der Waals surface area contributed by atoms with Crippen LogP contribution in [0.4, 0.5) is 0 Å². The third-order valence-corrected chi connectivity index (χ3v) is 4.72. The highest BCUT2D eigenvalue weighted by Gasteiger charge is 2.40. The maximum absolute atomic E-state index is 4.71. The highest BCUT2D eigenvalue weighted by molar-refractivity contribution is 5.10. The molecule has 1 aromatic heterocycles. The average molecular weight is 294 g/mol. The molecule has 0 aliphatic heterocycles. The van der Waals surface area contributed by atoms with Crippen molar-refractivity contribution in [2.24, 2.45) is 0 Å². The van der Waals surface area contributed by atoms with Crippen LogP contribution in [0, 0.1) is 0 Å². The Labute approximate surface area is 130 Å². The van der Waals surface area contributed by atoms with Crippen molar-refractivity contribution in [3.05, 3.63) is 18.2 Å². The zero-order valence-electron chi connectivity index (χ0n) is 14.8. The summed E-state index contributed by atoms with van der Waals surface area (Å²) >= 11 is 0. The molecule has 1 N–H and O–H groups in total. The van der Waals surface area contributed by atoms with Gasteiger partial charge in [0, 0.05) is 24.5 Å². The molecule has 0 radical (unpaired) electrons. The van der Waals surface area contributed by atoms with Gasteiger partial charge in [0.15, 0.2) is 0 Å². The molecule has 0 aliphatic rings. The molecule has 4 nitrogen and oxygen atoms in total. The van der Waals surface area contributed by atoms with Gasteiger partial charge in [-0.3, -0.25) is 0 Å². The van der Waals surface area contributed by atoms with Gasteiger partial charge in [-0.2, -0.15) is 0 Å². The summed E-state index contributed by atoms with van der Waals surface area (Å²) in [6, 6.07) is 0.268. The fourth-order valence-corrected chi connectivity index (χ4v) is 3.37. The first-order chi connectivity index (χ1) is 10.1. The minimum Gasteiger partial charge on any atom is -0.334 e. The van der Waals surface area contributed by atoms with Gasteiger partial charge in [0.05, 0.1) is 6.04 Å². The van der Waals surface area contributed by atoms with E-state index in [0.29, 0.717) is 0 Å². The van der Waals surface area contributed by atoms with Crippen molar-refractivity contribution in [3.63, 3.8) is 0 Å². The van der Waals surface area contributed by atoms with E-state index >= 15 is 0 Å². The Balaban J connectivity index is 3.22. The Morgan fingerprint density at radius 3 is 2.33 bits per heavy atom. The van der Waals surface area contributed by atoms with Gasteiger partial charge in [-0.15, -0.1) is 0 Å². The molecule has 0 saturated heterocycles. The van der Waals surface area contributed by atoms with Crippen LogP contribution in [0.5, 0.6) is 0 Å². The van der Waals surface area contributed by atoms with E-state index in [0.717, 1.165) is 38.8 Å². The Hall–Kier alpha value is -0.870. The summed E-state index contributed by atoms with van der Waals surface area (Å²) in [7, 11) is 4.39. The largest absolute Gasteiger partial charge is 0.334 e. The van der Waals surface area contributed by atoms with Gasteiger partial charge in [0.25, 0.3) is 0 Å². The van der Waals surface area contributed by atoms with Crippen molar-refractivity contribution in [3.8, 4) is 0 Å². The Morgan fingerprint density at radius 1 is 1.19 bits per heavy atom. The van der Waals surface area contributed by atoms with Crippen molar-refractivity contribution in [2.45, 2.75) is 71.5 Å². The number of imidazole rings is 1. The van der Waals surface area contributed by atoms with Crippen LogP contribution in [-0.2, 0) is 6.54 Å². The number of hydrogen-bond donors (Lipinski definition) is 1. The maximum atomic E-state index is 4.71. The standard InChI is InChI=1S/C17H34N4/c1-7-11-18-15(17(9-3,10-4)20(5)6)16-19-12-14-21(16)13-8-2/h12,14-15,18H,7-11,13H2,1-6H3. The fourth-order valence-electron chi connectivity index (χ4n) is 3.37. The van der Waals surface area contributed by atoms with Crippen LogP contribution in [0.2, 0.25) is 0 Å². The van der Waals surface area contributed by atoms with E-state index < -0.39 is 0 Å². The third kappa shape index (κ3) is 3.86. The molecule has 4 heteroatoms. The van der Waals surface area contributed by atoms with Crippen LogP contribution >= 0.6 is 0 Å². The molecule has 0 aromatic carbocycles. The molecule has 122 valence electrons. The zero-order valence-corrected chi connectivity index (χ0v) is 14.8. The van der Waals surface area contributed by atoms with Crippen LogP contribution < -0.4 is 5.32 Å². The van der Waals surface area contributed by atoms with Crippen molar-refractivity contribution in [1.29, 1.82) is 0 Å². The number of nitrogens with one attached hydrogen (secondary N) is 1. The van der Waals surface area contributed by atoms with Crippen molar-refractivity contribution in [1.82, 2.24) is 19.8 Å². The second-order valence-corrected chi connectivity index (χ2v) is 6.07. The topological polar surface area (TPSA) is 33.1 Å². The normalized spacial score (nSPS) is 13.9. The van der Waals surface area contributed by atoms with Gasteiger partial charge in [-0.25, -0.2) is 4.98 Å². The molecule has 1 heterocycles. The van der Waals surface area contributed by atoms with Gasteiger partial charge in [-0.05, 0) is 46.3 Å². The zero-order chi connectivity index (χ0) is 15.9. The molecular weight excluding hydrogens is 260 g/mol. The fraction of sp³-hybridized carbons (Fsp3) is 0.824. The van der Waals surface area contributed by atoms with Crippen molar-refractivity contribution >= 4 is 0 Å². The number of aryl methyl sites for hydroxylation is 1. The molecule has 0 amide bonds. The molecule has 0 saturated carbocycles. The highest BCUT2D eigenvalue weighted by atomic mass is 15.2. The minimum atomic E-state index is 0.103. The lowest BCUT2D eigenvalue weighted by atomic mass is 9.82. The predicted octanol–water partition coefficient (Wildman–Crippen LogP) is 3.45. The monoisotopic (exact) mass is 294 g/mol. The van der Waals surface area contributed by atoms with Gasteiger partial charge in [0.2, 0.25) is 0 Å². The molecule has 1 rings (SSSR count). The van der Waals surface area contributed by atoms with E-state index in [-0.39, 0.29) is 11.6 Å². The van der Waals surface area contributed by atoms with Gasteiger partial charge >= 0.3 is 0 Å². The van der Waals surface area contributed by atoms with Crippen molar-refractivity contribution in [2.75, 3.05) is 20.6 Å². The number of aromatic nitrogens is 2. The van der Waals surface area contributed by atoms with E-state index in [1.807, 2.05) is 6.20 Å². The van der Waals surface area contributed by atoms with Gasteiger partial charge < -0.3 is 14.8 Å². The van der Waals surface area contributed by atoms with E-state index in [4.69, 9.17) is 4.98 Å². The molecular formula is C17H34N4. The van der Waals surface area contributed by atoms with E-state index in [9.17, 15) is 0 Å². The first kappa shape index (κ1) is 18.2. The Morgan fingerprint density at radius 2 is 1.86 bits per heavy atom. The molecule has 0 spiro atoms. The van der Waals surface area contributed by atoms with E-state index in [1.165, 1.54) is 5.82 Å². The summed E-state index contributed by atoms with van der Waals surface area (Å²) in [4.78, 5) is 7.09. The lowest BCUT2D eigenvalue weighted by Crippen LogP contribution is -2.54. The number of nitrogens with zero attached hydrogens (tertiary/aromatic N) is 3. The summed E-state index contributed by atoms with van der Waals surface area (Å²) in [5.74, 6) is 1.18. The van der Waals surface area contributed by atoms with Gasteiger partial charge in [-0.1, -0.05) is 27.7 Å². The second kappa shape index (κ2) is 8.54. The van der Waals surface area contributed by atoms with Crippen LogP contribution in [0.1, 0.15) is 65.2 Å². The quantitative estimate of drug-likeness (QED) is 0.717. The molecule has 1 aromatic rings. The van der Waals surface area contributed by atoms with Crippen LogP contribution in [0.25, 0.3) is 0 Å². The summed E-state index contributed by atoms with van der Waals surface area (Å²) < 4.78 is 2.32. The molecule has 0 fully saturated rings. The Bertz CT molecular complexity index is 393. The minimum absolute atomic E-state index is 0.103. The average Bonchev–Trinajstić information content (AvgIpc) is 2.92. The van der Waals surface area contributed by atoms with E-state index in [2.05, 4.69) is 62.8 Å². The summed E-state index contributed by atoms with van der Waals surface area (Å²) in [5, 5.41) is 3.77. The molecule has 21 heavy (non-hydrogen) atoms. The smallest absolute Gasteiger partial charge is 0.127 e. The molecule has 1 atom stereocenters. The third-order valence-electron chi connectivity index (χ3n) is 4.72. The van der Waals surface area contributed by atoms with Gasteiger partial charge in [0.1, 0.15) is 5.82 Å². The summed E-state index contributed by atoms with van der Waals surface area (Å²) in [5.41, 5.74) is 0.103. The second-order valence-electron chi connectivity index (χ2n) is 6.07. The maximum Gasteiger partial charge on any atom is 0.127 e. The number of likely N-dealkylation sites (N-methyl/N-ethyl adjacent to an activating group) is 1. The predicted molar refractivity (Wildman–Crippen MR) is 90.6 cm³/mol. The Kier molecular flexibility index (Phi) is 7.40. The number of hydrogen-bond acceptors (Lipinski definition) is 3. The molecule has 0 aliphatic carbocycles. The van der Waals surface area contributed by atoms with E-state index in [1.54, 1.807) is 0 Å². The van der Waals surface area contributed by atoms with Crippen molar-refractivity contribution < 1.29 is 0 Å². The first-order valence-electron chi connectivity index (χ1n) is 8.49. The van der Waals surface area contributed by atoms with Crippen LogP contribution in [0.3, 0.4) is 0 Å². The summed E-state index contributed by atoms with van der Waals surface area (Å²) in [6.07, 6.45) is 8.55. The lowest BCUT2D eigenvalue weighted by molar-refractivity contribution is 0.0824. The van der Waals surface area contributed by atoms with Crippen LogP contribution in [-0.4, -0.2) is 40.6 Å².